The Hall–Kier alpha value is -1.04. The predicted molar refractivity (Wildman–Crippen MR) is 40.5 cm³/mol. The van der Waals surface area contributed by atoms with Crippen LogP contribution in [0.25, 0.3) is 0 Å². The molecule has 60 valence electrons. The number of nitrogens with zero attached hydrogens (tertiary/aromatic N) is 1. The van der Waals surface area contributed by atoms with E-state index in [1.807, 2.05) is 6.07 Å². The maximum absolute atomic E-state index is 11.0. The third-order valence-corrected chi connectivity index (χ3v) is 1.85. The standard InChI is InChI=1S/C8H12N2O/c1-6(4-9)8(11)10-5-7-2-3-7/h6-7H,2-3,5H2,1H3,(H,10,11). The van der Waals surface area contributed by atoms with Crippen molar-refractivity contribution in [1.29, 1.82) is 5.26 Å². The van der Waals surface area contributed by atoms with Gasteiger partial charge in [0, 0.05) is 6.54 Å². The minimum Gasteiger partial charge on any atom is -0.355 e. The van der Waals surface area contributed by atoms with Crippen molar-refractivity contribution in [3.05, 3.63) is 0 Å². The molecule has 0 aromatic rings. The average Bonchev–Trinajstić information content (AvgIpc) is 2.81. The smallest absolute Gasteiger partial charge is 0.237 e. The van der Waals surface area contributed by atoms with Crippen molar-refractivity contribution in [2.75, 3.05) is 6.54 Å². The van der Waals surface area contributed by atoms with E-state index in [1.54, 1.807) is 6.92 Å². The molecule has 1 unspecified atom stereocenters. The summed E-state index contributed by atoms with van der Waals surface area (Å²) < 4.78 is 0. The maximum Gasteiger partial charge on any atom is 0.237 e. The highest BCUT2D eigenvalue weighted by Gasteiger charge is 2.22. The first-order valence-electron chi connectivity index (χ1n) is 3.91. The molecule has 1 aliphatic rings. The Bertz CT molecular complexity index is 191. The Morgan fingerprint density at radius 1 is 1.82 bits per heavy atom. The van der Waals surface area contributed by atoms with Gasteiger partial charge in [0.2, 0.25) is 5.91 Å². The summed E-state index contributed by atoms with van der Waals surface area (Å²) in [6, 6.07) is 1.90. The monoisotopic (exact) mass is 152 g/mol. The molecule has 1 N–H and O–H groups in total. The maximum atomic E-state index is 11.0. The van der Waals surface area contributed by atoms with Gasteiger partial charge in [-0.3, -0.25) is 4.79 Å². The number of hydrogen-bond acceptors (Lipinski definition) is 2. The molecule has 1 fully saturated rings. The van der Waals surface area contributed by atoms with Crippen molar-refractivity contribution < 1.29 is 4.79 Å². The van der Waals surface area contributed by atoms with Crippen molar-refractivity contribution in [2.45, 2.75) is 19.8 Å². The van der Waals surface area contributed by atoms with Crippen LogP contribution >= 0.6 is 0 Å². The number of amides is 1. The lowest BCUT2D eigenvalue weighted by molar-refractivity contribution is -0.123. The number of nitrogens with one attached hydrogen (secondary N) is 1. The van der Waals surface area contributed by atoms with Crippen molar-refractivity contribution in [1.82, 2.24) is 5.32 Å². The Labute approximate surface area is 66.4 Å². The van der Waals surface area contributed by atoms with E-state index in [0.29, 0.717) is 5.92 Å². The van der Waals surface area contributed by atoms with Gasteiger partial charge in [0.25, 0.3) is 0 Å². The molecule has 1 rings (SSSR count). The van der Waals surface area contributed by atoms with Gasteiger partial charge in [0.15, 0.2) is 0 Å². The molecule has 0 spiro atoms. The topological polar surface area (TPSA) is 52.9 Å². The van der Waals surface area contributed by atoms with E-state index in [9.17, 15) is 4.79 Å². The lowest BCUT2D eigenvalue weighted by atomic mass is 10.2. The SMILES string of the molecule is CC(C#N)C(=O)NCC1CC1. The molecule has 0 radical (unpaired) electrons. The van der Waals surface area contributed by atoms with E-state index in [-0.39, 0.29) is 5.91 Å². The van der Waals surface area contributed by atoms with Crippen molar-refractivity contribution >= 4 is 5.91 Å². The van der Waals surface area contributed by atoms with Gasteiger partial charge in [-0.15, -0.1) is 0 Å². The van der Waals surface area contributed by atoms with Crippen molar-refractivity contribution in [2.24, 2.45) is 11.8 Å². The average molecular weight is 152 g/mol. The first-order valence-corrected chi connectivity index (χ1v) is 3.91. The Morgan fingerprint density at radius 3 is 2.91 bits per heavy atom. The van der Waals surface area contributed by atoms with Gasteiger partial charge in [0.1, 0.15) is 5.92 Å². The number of rotatable bonds is 3. The van der Waals surface area contributed by atoms with Crippen LogP contribution in [0.2, 0.25) is 0 Å². The number of carbonyl (C=O) groups excluding carboxylic acids is 1. The van der Waals surface area contributed by atoms with Gasteiger partial charge in [-0.25, -0.2) is 0 Å². The van der Waals surface area contributed by atoms with Gasteiger partial charge in [-0.2, -0.15) is 5.26 Å². The van der Waals surface area contributed by atoms with Gasteiger partial charge in [0.05, 0.1) is 6.07 Å². The van der Waals surface area contributed by atoms with Crippen LogP contribution in [0.3, 0.4) is 0 Å². The highest BCUT2D eigenvalue weighted by atomic mass is 16.1. The molecular weight excluding hydrogens is 140 g/mol. The van der Waals surface area contributed by atoms with Crippen LogP contribution in [0.4, 0.5) is 0 Å². The molecule has 0 aliphatic heterocycles. The zero-order chi connectivity index (χ0) is 8.27. The largest absolute Gasteiger partial charge is 0.355 e. The molecule has 1 saturated carbocycles. The van der Waals surface area contributed by atoms with E-state index in [4.69, 9.17) is 5.26 Å². The molecule has 11 heavy (non-hydrogen) atoms. The van der Waals surface area contributed by atoms with E-state index in [2.05, 4.69) is 5.32 Å². The van der Waals surface area contributed by atoms with Gasteiger partial charge < -0.3 is 5.32 Å². The summed E-state index contributed by atoms with van der Waals surface area (Å²) in [6.07, 6.45) is 2.45. The first kappa shape index (κ1) is 8.06. The molecule has 0 heterocycles. The van der Waals surface area contributed by atoms with Crippen LogP contribution in [0, 0.1) is 23.2 Å². The first-order chi connectivity index (χ1) is 5.24. The van der Waals surface area contributed by atoms with Crippen molar-refractivity contribution in [3.63, 3.8) is 0 Å². The summed E-state index contributed by atoms with van der Waals surface area (Å²) in [5.41, 5.74) is 0. The lowest BCUT2D eigenvalue weighted by Crippen LogP contribution is -2.30. The molecule has 3 heteroatoms. The zero-order valence-corrected chi connectivity index (χ0v) is 6.63. The summed E-state index contributed by atoms with van der Waals surface area (Å²) >= 11 is 0. The number of carbonyl (C=O) groups is 1. The number of nitriles is 1. The Kier molecular flexibility index (Phi) is 2.48. The molecule has 1 aliphatic carbocycles. The lowest BCUT2D eigenvalue weighted by Gasteiger charge is -2.03. The molecule has 0 bridgehead atoms. The van der Waals surface area contributed by atoms with E-state index < -0.39 is 5.92 Å². The summed E-state index contributed by atoms with van der Waals surface area (Å²) in [5, 5.41) is 11.1. The second-order valence-electron chi connectivity index (χ2n) is 3.04. The van der Waals surface area contributed by atoms with Gasteiger partial charge >= 0.3 is 0 Å². The van der Waals surface area contributed by atoms with Crippen LogP contribution < -0.4 is 5.32 Å². The predicted octanol–water partition coefficient (Wildman–Crippen LogP) is 0.672. The highest BCUT2D eigenvalue weighted by molar-refractivity contribution is 5.80. The normalized spacial score (nSPS) is 18.5. The summed E-state index contributed by atoms with van der Waals surface area (Å²) in [7, 11) is 0. The Morgan fingerprint density at radius 2 is 2.45 bits per heavy atom. The fourth-order valence-corrected chi connectivity index (χ4v) is 0.779. The second-order valence-corrected chi connectivity index (χ2v) is 3.04. The molecule has 1 amide bonds. The zero-order valence-electron chi connectivity index (χ0n) is 6.63. The minimum atomic E-state index is -0.506. The summed E-state index contributed by atoms with van der Waals surface area (Å²) in [4.78, 5) is 11.0. The van der Waals surface area contributed by atoms with Crippen LogP contribution in [0.5, 0.6) is 0 Å². The second kappa shape index (κ2) is 3.38. The van der Waals surface area contributed by atoms with Gasteiger partial charge in [-0.05, 0) is 25.7 Å². The van der Waals surface area contributed by atoms with Crippen molar-refractivity contribution in [3.8, 4) is 6.07 Å². The fraction of sp³-hybridized carbons (Fsp3) is 0.750. The summed E-state index contributed by atoms with van der Waals surface area (Å²) in [5.74, 6) is 0.0398. The summed E-state index contributed by atoms with van der Waals surface area (Å²) in [6.45, 7) is 2.37. The van der Waals surface area contributed by atoms with Crippen LogP contribution in [0.15, 0.2) is 0 Å². The van der Waals surface area contributed by atoms with E-state index in [0.717, 1.165) is 6.54 Å². The molecule has 1 atom stereocenters. The van der Waals surface area contributed by atoms with E-state index in [1.165, 1.54) is 12.8 Å². The van der Waals surface area contributed by atoms with Crippen LogP contribution in [-0.4, -0.2) is 12.5 Å². The third kappa shape index (κ3) is 2.58. The number of hydrogen-bond donors (Lipinski definition) is 1. The van der Waals surface area contributed by atoms with E-state index >= 15 is 0 Å². The quantitative estimate of drug-likeness (QED) is 0.646. The van der Waals surface area contributed by atoms with Crippen LogP contribution in [-0.2, 0) is 4.79 Å². The highest BCUT2D eigenvalue weighted by Crippen LogP contribution is 2.27. The minimum absolute atomic E-state index is 0.139. The fourth-order valence-electron chi connectivity index (χ4n) is 0.779. The van der Waals surface area contributed by atoms with Crippen LogP contribution in [0.1, 0.15) is 19.8 Å². The third-order valence-electron chi connectivity index (χ3n) is 1.85. The molecular formula is C8H12N2O. The molecule has 0 aromatic carbocycles. The molecule has 0 aromatic heterocycles. The molecule has 3 nitrogen and oxygen atoms in total. The van der Waals surface area contributed by atoms with Gasteiger partial charge in [-0.1, -0.05) is 0 Å². The molecule has 0 saturated heterocycles. The Balaban J connectivity index is 2.14.